The van der Waals surface area contributed by atoms with Crippen LogP contribution in [0.4, 0.5) is 0 Å². The lowest BCUT2D eigenvalue weighted by Crippen LogP contribution is -2.21. The Kier molecular flexibility index (Phi) is 6.21. The van der Waals surface area contributed by atoms with Crippen molar-refractivity contribution in [1.29, 1.82) is 0 Å². The highest BCUT2D eigenvalue weighted by atomic mass is 79.9. The third kappa shape index (κ3) is 5.09. The lowest BCUT2D eigenvalue weighted by molar-refractivity contribution is 0.301. The molecule has 0 radical (unpaired) electrons. The van der Waals surface area contributed by atoms with Gasteiger partial charge in [-0.15, -0.1) is 0 Å². The first-order valence-corrected chi connectivity index (χ1v) is 8.44. The largest absolute Gasteiger partial charge is 0.487 e. The van der Waals surface area contributed by atoms with E-state index in [1.807, 2.05) is 30.3 Å². The first-order chi connectivity index (χ1) is 10.1. The molecule has 21 heavy (non-hydrogen) atoms. The lowest BCUT2D eigenvalue weighted by atomic mass is 10.0. The van der Waals surface area contributed by atoms with E-state index >= 15 is 0 Å². The second-order valence-electron chi connectivity index (χ2n) is 4.88. The molecule has 0 spiro atoms. The van der Waals surface area contributed by atoms with Crippen LogP contribution in [0.5, 0.6) is 5.75 Å². The van der Waals surface area contributed by atoms with Crippen LogP contribution in [-0.4, -0.2) is 11.0 Å². The highest BCUT2D eigenvalue weighted by molar-refractivity contribution is 9.10. The fourth-order valence-electron chi connectivity index (χ4n) is 1.87. The number of nitrogens with two attached hydrogens (primary N) is 1. The van der Waals surface area contributed by atoms with Gasteiger partial charge in [0.25, 0.3) is 0 Å². The van der Waals surface area contributed by atoms with E-state index in [9.17, 15) is 0 Å². The average molecular weight is 414 g/mol. The molecule has 0 aliphatic heterocycles. The summed E-state index contributed by atoms with van der Waals surface area (Å²) in [6.07, 6.45) is 3.57. The van der Waals surface area contributed by atoms with Crippen molar-refractivity contribution in [3.8, 4) is 5.75 Å². The zero-order valence-electron chi connectivity index (χ0n) is 11.9. The monoisotopic (exact) mass is 412 g/mol. The number of rotatable bonds is 6. The summed E-state index contributed by atoms with van der Waals surface area (Å²) in [5, 5.41) is 0. The van der Waals surface area contributed by atoms with E-state index in [1.165, 1.54) is 5.56 Å². The van der Waals surface area contributed by atoms with Crippen molar-refractivity contribution < 1.29 is 4.74 Å². The summed E-state index contributed by atoms with van der Waals surface area (Å²) < 4.78 is 7.84. The van der Waals surface area contributed by atoms with Gasteiger partial charge < -0.3 is 10.5 Å². The van der Waals surface area contributed by atoms with Gasteiger partial charge in [-0.25, -0.2) is 0 Å². The Labute approximate surface area is 142 Å². The molecule has 1 aromatic carbocycles. The topological polar surface area (TPSA) is 48.1 Å². The van der Waals surface area contributed by atoms with Crippen molar-refractivity contribution in [3.63, 3.8) is 0 Å². The number of ether oxygens (including phenoxy) is 1. The SMILES string of the molecule is CCC(N)Cc1cc(OCc2ccc(Br)cn2)ccc1Br. The molecule has 0 amide bonds. The van der Waals surface area contributed by atoms with Crippen molar-refractivity contribution in [2.45, 2.75) is 32.4 Å². The van der Waals surface area contributed by atoms with Crippen LogP contribution in [0, 0.1) is 0 Å². The summed E-state index contributed by atoms with van der Waals surface area (Å²) in [7, 11) is 0. The second kappa shape index (κ2) is 7.92. The average Bonchev–Trinajstić information content (AvgIpc) is 2.49. The Bertz CT molecular complexity index is 587. The summed E-state index contributed by atoms with van der Waals surface area (Å²) in [5.74, 6) is 0.834. The highest BCUT2D eigenvalue weighted by Gasteiger charge is 2.07. The Balaban J connectivity index is 2.03. The third-order valence-corrected chi connectivity index (χ3v) is 4.44. The van der Waals surface area contributed by atoms with Crippen LogP contribution in [0.2, 0.25) is 0 Å². The van der Waals surface area contributed by atoms with Gasteiger partial charge in [-0.3, -0.25) is 4.98 Å². The van der Waals surface area contributed by atoms with Crippen LogP contribution >= 0.6 is 31.9 Å². The van der Waals surface area contributed by atoms with Crippen LogP contribution < -0.4 is 10.5 Å². The molecule has 3 nitrogen and oxygen atoms in total. The molecule has 0 saturated carbocycles. The molecule has 0 aliphatic rings. The molecule has 0 saturated heterocycles. The molecule has 0 fully saturated rings. The van der Waals surface area contributed by atoms with Crippen molar-refractivity contribution in [2.75, 3.05) is 0 Å². The third-order valence-electron chi connectivity index (χ3n) is 3.20. The standard InChI is InChI=1S/C16H18Br2N2O/c1-2-13(19)7-11-8-15(5-6-16(11)18)21-10-14-4-3-12(17)9-20-14/h3-6,8-9,13H,2,7,10,19H2,1H3. The van der Waals surface area contributed by atoms with Crippen molar-refractivity contribution >= 4 is 31.9 Å². The minimum atomic E-state index is 0.171. The van der Waals surface area contributed by atoms with Crippen LogP contribution in [0.25, 0.3) is 0 Å². The van der Waals surface area contributed by atoms with E-state index in [0.29, 0.717) is 6.61 Å². The van der Waals surface area contributed by atoms with Gasteiger partial charge in [0.1, 0.15) is 12.4 Å². The summed E-state index contributed by atoms with van der Waals surface area (Å²) in [4.78, 5) is 4.29. The molecule has 1 heterocycles. The number of aromatic nitrogens is 1. The number of hydrogen-bond acceptors (Lipinski definition) is 3. The predicted octanol–water partition coefficient (Wildman–Crippen LogP) is 4.47. The zero-order chi connectivity index (χ0) is 15.2. The number of nitrogens with zero attached hydrogens (tertiary/aromatic N) is 1. The second-order valence-corrected chi connectivity index (χ2v) is 6.65. The normalized spacial score (nSPS) is 12.2. The molecular weight excluding hydrogens is 396 g/mol. The van der Waals surface area contributed by atoms with Crippen molar-refractivity contribution in [2.24, 2.45) is 5.73 Å². The van der Waals surface area contributed by atoms with Crippen LogP contribution in [0.15, 0.2) is 45.5 Å². The molecule has 1 atom stereocenters. The molecule has 5 heteroatoms. The van der Waals surface area contributed by atoms with Gasteiger partial charge in [0.2, 0.25) is 0 Å². The van der Waals surface area contributed by atoms with Gasteiger partial charge in [-0.2, -0.15) is 0 Å². The van der Waals surface area contributed by atoms with Gasteiger partial charge in [0.05, 0.1) is 5.69 Å². The first-order valence-electron chi connectivity index (χ1n) is 6.85. The Morgan fingerprint density at radius 1 is 1.24 bits per heavy atom. The van der Waals surface area contributed by atoms with Crippen molar-refractivity contribution in [3.05, 3.63) is 56.7 Å². The molecular formula is C16H18Br2N2O. The van der Waals surface area contributed by atoms with Gasteiger partial charge in [0, 0.05) is 21.2 Å². The molecule has 2 N–H and O–H groups in total. The molecule has 0 bridgehead atoms. The van der Waals surface area contributed by atoms with Crippen LogP contribution in [0.3, 0.4) is 0 Å². The number of halogens is 2. The quantitative estimate of drug-likeness (QED) is 0.760. The van der Waals surface area contributed by atoms with Gasteiger partial charge >= 0.3 is 0 Å². The lowest BCUT2D eigenvalue weighted by Gasteiger charge is -2.13. The maximum Gasteiger partial charge on any atom is 0.130 e. The van der Waals surface area contributed by atoms with Crippen LogP contribution in [-0.2, 0) is 13.0 Å². The van der Waals surface area contributed by atoms with E-state index < -0.39 is 0 Å². The fourth-order valence-corrected chi connectivity index (χ4v) is 2.52. The predicted molar refractivity (Wildman–Crippen MR) is 92.4 cm³/mol. The Morgan fingerprint density at radius 2 is 2.05 bits per heavy atom. The summed E-state index contributed by atoms with van der Waals surface area (Å²) in [6, 6.07) is 10.1. The molecule has 2 rings (SSSR count). The Morgan fingerprint density at radius 3 is 2.71 bits per heavy atom. The molecule has 2 aromatic rings. The molecule has 112 valence electrons. The molecule has 1 unspecified atom stereocenters. The zero-order valence-corrected chi connectivity index (χ0v) is 15.0. The molecule has 1 aromatic heterocycles. The number of pyridine rings is 1. The van der Waals surface area contributed by atoms with E-state index in [2.05, 4.69) is 43.8 Å². The smallest absolute Gasteiger partial charge is 0.130 e. The van der Waals surface area contributed by atoms with Gasteiger partial charge in [-0.05, 0) is 64.7 Å². The fraction of sp³-hybridized carbons (Fsp3) is 0.312. The van der Waals surface area contributed by atoms with E-state index in [4.69, 9.17) is 10.5 Å². The van der Waals surface area contributed by atoms with E-state index in [1.54, 1.807) is 6.20 Å². The van der Waals surface area contributed by atoms with Crippen molar-refractivity contribution in [1.82, 2.24) is 4.98 Å². The number of hydrogen-bond donors (Lipinski definition) is 1. The Hall–Kier alpha value is -0.910. The first kappa shape index (κ1) is 16.5. The van der Waals surface area contributed by atoms with Crippen LogP contribution in [0.1, 0.15) is 24.6 Å². The summed E-state index contributed by atoms with van der Waals surface area (Å²) >= 11 is 6.93. The van der Waals surface area contributed by atoms with E-state index in [0.717, 1.165) is 33.2 Å². The number of benzene rings is 1. The minimum absolute atomic E-state index is 0.171. The maximum atomic E-state index is 6.03. The maximum absolute atomic E-state index is 6.03. The van der Waals surface area contributed by atoms with Gasteiger partial charge in [-0.1, -0.05) is 22.9 Å². The highest BCUT2D eigenvalue weighted by Crippen LogP contribution is 2.24. The molecule has 0 aliphatic carbocycles. The van der Waals surface area contributed by atoms with E-state index in [-0.39, 0.29) is 6.04 Å². The summed E-state index contributed by atoms with van der Waals surface area (Å²) in [5.41, 5.74) is 8.10. The summed E-state index contributed by atoms with van der Waals surface area (Å²) in [6.45, 7) is 2.55. The van der Waals surface area contributed by atoms with Gasteiger partial charge in [0.15, 0.2) is 0 Å². The minimum Gasteiger partial charge on any atom is -0.487 e.